The van der Waals surface area contributed by atoms with E-state index >= 15 is 0 Å². The normalized spacial score (nSPS) is 9.95. The summed E-state index contributed by atoms with van der Waals surface area (Å²) in [5.41, 5.74) is 0.872. The Labute approximate surface area is 109 Å². The van der Waals surface area contributed by atoms with Crippen molar-refractivity contribution >= 4 is 17.5 Å². The molecule has 19 heavy (non-hydrogen) atoms. The fourth-order valence-corrected chi connectivity index (χ4v) is 1.54. The van der Waals surface area contributed by atoms with Crippen LogP contribution in [-0.2, 0) is 6.54 Å². The second kappa shape index (κ2) is 5.76. The topological polar surface area (TPSA) is 93.0 Å². The summed E-state index contributed by atoms with van der Waals surface area (Å²) < 4.78 is 0. The van der Waals surface area contributed by atoms with Crippen molar-refractivity contribution in [2.75, 3.05) is 17.7 Å². The second-order valence-corrected chi connectivity index (χ2v) is 3.77. The van der Waals surface area contributed by atoms with E-state index in [0.29, 0.717) is 12.5 Å². The van der Waals surface area contributed by atoms with E-state index in [4.69, 9.17) is 0 Å². The van der Waals surface area contributed by atoms with Crippen LogP contribution in [0.3, 0.4) is 0 Å². The third-order valence-electron chi connectivity index (χ3n) is 2.49. The SMILES string of the molecule is CNc1ncc([N+](=O)[O-])c(NCc2ccccc2)n1. The van der Waals surface area contributed by atoms with Gasteiger partial charge in [-0.05, 0) is 5.56 Å². The Hall–Kier alpha value is -2.70. The van der Waals surface area contributed by atoms with Gasteiger partial charge in [0.15, 0.2) is 0 Å². The first kappa shape index (κ1) is 12.7. The fraction of sp³-hybridized carbons (Fsp3) is 0.167. The van der Waals surface area contributed by atoms with E-state index in [1.54, 1.807) is 7.05 Å². The van der Waals surface area contributed by atoms with Gasteiger partial charge < -0.3 is 10.6 Å². The average molecular weight is 259 g/mol. The number of benzene rings is 1. The van der Waals surface area contributed by atoms with E-state index in [9.17, 15) is 10.1 Å². The molecule has 2 rings (SSSR count). The van der Waals surface area contributed by atoms with Gasteiger partial charge in [0.05, 0.1) is 4.92 Å². The van der Waals surface area contributed by atoms with Crippen LogP contribution in [0.2, 0.25) is 0 Å². The van der Waals surface area contributed by atoms with Crippen LogP contribution >= 0.6 is 0 Å². The van der Waals surface area contributed by atoms with Gasteiger partial charge in [-0.1, -0.05) is 30.3 Å². The number of hydrogen-bond acceptors (Lipinski definition) is 6. The molecule has 0 bridgehead atoms. The molecule has 1 aromatic carbocycles. The lowest BCUT2D eigenvalue weighted by atomic mass is 10.2. The predicted molar refractivity (Wildman–Crippen MR) is 72.0 cm³/mol. The number of nitro groups is 1. The number of anilines is 2. The number of aromatic nitrogens is 2. The molecule has 2 N–H and O–H groups in total. The molecule has 98 valence electrons. The van der Waals surface area contributed by atoms with E-state index in [1.165, 1.54) is 6.20 Å². The molecule has 0 saturated heterocycles. The Kier molecular flexibility index (Phi) is 3.87. The second-order valence-electron chi connectivity index (χ2n) is 3.77. The Morgan fingerprint density at radius 1 is 1.32 bits per heavy atom. The predicted octanol–water partition coefficient (Wildman–Crippen LogP) is 2.04. The summed E-state index contributed by atoms with van der Waals surface area (Å²) in [7, 11) is 1.65. The quantitative estimate of drug-likeness (QED) is 0.630. The lowest BCUT2D eigenvalue weighted by Crippen LogP contribution is -2.07. The first-order valence-corrected chi connectivity index (χ1v) is 5.67. The summed E-state index contributed by atoms with van der Waals surface area (Å²) in [6, 6.07) is 9.59. The molecule has 7 heteroatoms. The molecule has 0 radical (unpaired) electrons. The molecule has 0 saturated carbocycles. The zero-order valence-corrected chi connectivity index (χ0v) is 10.3. The molecule has 2 aromatic rings. The summed E-state index contributed by atoms with van der Waals surface area (Å²) in [4.78, 5) is 18.3. The minimum atomic E-state index is -0.507. The van der Waals surface area contributed by atoms with E-state index in [-0.39, 0.29) is 11.5 Å². The van der Waals surface area contributed by atoms with Gasteiger partial charge in [-0.2, -0.15) is 4.98 Å². The highest BCUT2D eigenvalue weighted by atomic mass is 16.6. The molecule has 0 aliphatic rings. The van der Waals surface area contributed by atoms with Crippen molar-refractivity contribution in [2.24, 2.45) is 0 Å². The molecular weight excluding hydrogens is 246 g/mol. The van der Waals surface area contributed by atoms with Gasteiger partial charge in [-0.25, -0.2) is 4.98 Å². The van der Waals surface area contributed by atoms with Crippen molar-refractivity contribution in [3.05, 3.63) is 52.2 Å². The summed E-state index contributed by atoms with van der Waals surface area (Å²) >= 11 is 0. The highest BCUT2D eigenvalue weighted by molar-refractivity contribution is 5.57. The monoisotopic (exact) mass is 259 g/mol. The molecule has 0 aliphatic carbocycles. The maximum atomic E-state index is 10.9. The van der Waals surface area contributed by atoms with Gasteiger partial charge in [0.2, 0.25) is 11.8 Å². The van der Waals surface area contributed by atoms with E-state index < -0.39 is 4.92 Å². The molecule has 0 amide bonds. The molecule has 0 unspecified atom stereocenters. The van der Waals surface area contributed by atoms with Gasteiger partial charge in [0, 0.05) is 13.6 Å². The van der Waals surface area contributed by atoms with Crippen LogP contribution in [-0.4, -0.2) is 21.9 Å². The average Bonchev–Trinajstić information content (AvgIpc) is 2.45. The third kappa shape index (κ3) is 3.15. The summed E-state index contributed by atoms with van der Waals surface area (Å²) in [5.74, 6) is 0.536. The molecule has 0 atom stereocenters. The van der Waals surface area contributed by atoms with Crippen LogP contribution < -0.4 is 10.6 Å². The number of nitrogens with zero attached hydrogens (tertiary/aromatic N) is 3. The van der Waals surface area contributed by atoms with Crippen LogP contribution in [0.5, 0.6) is 0 Å². The summed E-state index contributed by atoms with van der Waals surface area (Å²) in [5, 5.41) is 16.6. The number of rotatable bonds is 5. The minimum absolute atomic E-state index is 0.144. The van der Waals surface area contributed by atoms with Crippen LogP contribution in [0.25, 0.3) is 0 Å². The maximum Gasteiger partial charge on any atom is 0.329 e. The standard InChI is InChI=1S/C12H13N5O2/c1-13-12-15-8-10(17(18)19)11(16-12)14-7-9-5-3-2-4-6-9/h2-6,8H,7H2,1H3,(H2,13,14,15,16). The van der Waals surface area contributed by atoms with Gasteiger partial charge in [-0.15, -0.1) is 0 Å². The van der Waals surface area contributed by atoms with Gasteiger partial charge in [0.1, 0.15) is 6.20 Å². The van der Waals surface area contributed by atoms with Crippen molar-refractivity contribution in [2.45, 2.75) is 6.54 Å². The highest BCUT2D eigenvalue weighted by Crippen LogP contribution is 2.22. The Morgan fingerprint density at radius 3 is 2.68 bits per heavy atom. The highest BCUT2D eigenvalue weighted by Gasteiger charge is 2.16. The van der Waals surface area contributed by atoms with Crippen molar-refractivity contribution in [3.8, 4) is 0 Å². The molecule has 0 fully saturated rings. The van der Waals surface area contributed by atoms with E-state index in [0.717, 1.165) is 5.56 Å². The van der Waals surface area contributed by atoms with Crippen LogP contribution in [0.1, 0.15) is 5.56 Å². The van der Waals surface area contributed by atoms with Gasteiger partial charge >= 0.3 is 5.69 Å². The Bertz CT molecular complexity index is 574. The summed E-state index contributed by atoms with van der Waals surface area (Å²) in [6.07, 6.45) is 1.19. The van der Waals surface area contributed by atoms with Crippen LogP contribution in [0.15, 0.2) is 36.5 Å². The molecule has 0 aliphatic heterocycles. The first-order valence-electron chi connectivity index (χ1n) is 5.67. The molecule has 7 nitrogen and oxygen atoms in total. The van der Waals surface area contributed by atoms with Crippen molar-refractivity contribution in [3.63, 3.8) is 0 Å². The van der Waals surface area contributed by atoms with Crippen LogP contribution in [0, 0.1) is 10.1 Å². The minimum Gasteiger partial charge on any atom is -0.360 e. The maximum absolute atomic E-state index is 10.9. The number of nitrogens with one attached hydrogen (secondary N) is 2. The van der Waals surface area contributed by atoms with Crippen molar-refractivity contribution in [1.82, 2.24) is 9.97 Å². The molecule has 0 spiro atoms. The lowest BCUT2D eigenvalue weighted by molar-refractivity contribution is -0.384. The zero-order valence-electron chi connectivity index (χ0n) is 10.3. The zero-order chi connectivity index (χ0) is 13.7. The third-order valence-corrected chi connectivity index (χ3v) is 2.49. The largest absolute Gasteiger partial charge is 0.360 e. The molecule has 1 aromatic heterocycles. The van der Waals surface area contributed by atoms with E-state index in [1.807, 2.05) is 30.3 Å². The van der Waals surface area contributed by atoms with Gasteiger partial charge in [0.25, 0.3) is 0 Å². The lowest BCUT2D eigenvalue weighted by Gasteiger charge is -2.07. The van der Waals surface area contributed by atoms with Crippen molar-refractivity contribution in [1.29, 1.82) is 0 Å². The molecular formula is C12H13N5O2. The van der Waals surface area contributed by atoms with Crippen LogP contribution in [0.4, 0.5) is 17.5 Å². The Morgan fingerprint density at radius 2 is 2.05 bits per heavy atom. The smallest absolute Gasteiger partial charge is 0.329 e. The van der Waals surface area contributed by atoms with Gasteiger partial charge in [-0.3, -0.25) is 10.1 Å². The summed E-state index contributed by atoms with van der Waals surface area (Å²) in [6.45, 7) is 0.460. The first-order chi connectivity index (χ1) is 9.20. The number of hydrogen-bond donors (Lipinski definition) is 2. The van der Waals surface area contributed by atoms with E-state index in [2.05, 4.69) is 20.6 Å². The fourth-order valence-electron chi connectivity index (χ4n) is 1.54. The Balaban J connectivity index is 2.20. The molecule has 1 heterocycles. The van der Waals surface area contributed by atoms with Crippen molar-refractivity contribution < 1.29 is 4.92 Å².